The fourth-order valence-electron chi connectivity index (χ4n) is 2.73. The molecule has 106 valence electrons. The Kier molecular flexibility index (Phi) is 4.47. The van der Waals surface area contributed by atoms with Crippen LogP contribution in [0.5, 0.6) is 5.75 Å². The summed E-state index contributed by atoms with van der Waals surface area (Å²) in [5.41, 5.74) is 0.999. The van der Waals surface area contributed by atoms with Gasteiger partial charge in [-0.3, -0.25) is 0 Å². The first kappa shape index (κ1) is 14.3. The summed E-state index contributed by atoms with van der Waals surface area (Å²) in [5.74, 6) is 1.09. The van der Waals surface area contributed by atoms with Crippen LogP contribution < -0.4 is 10.1 Å². The Balaban J connectivity index is 2.27. The van der Waals surface area contributed by atoms with Crippen molar-refractivity contribution in [1.82, 2.24) is 5.32 Å². The molecule has 1 aromatic carbocycles. The molecule has 1 aromatic rings. The van der Waals surface area contributed by atoms with Crippen molar-refractivity contribution < 1.29 is 13.2 Å². The number of rotatable bonds is 4. The number of ether oxygens (including phenoxy) is 1. The van der Waals surface area contributed by atoms with Gasteiger partial charge in [0, 0.05) is 6.04 Å². The van der Waals surface area contributed by atoms with Gasteiger partial charge in [-0.05, 0) is 37.6 Å². The lowest BCUT2D eigenvalue weighted by molar-refractivity contribution is 0.414. The van der Waals surface area contributed by atoms with Crippen LogP contribution in [-0.4, -0.2) is 33.6 Å². The molecule has 19 heavy (non-hydrogen) atoms. The maximum absolute atomic E-state index is 12.2. The van der Waals surface area contributed by atoms with Gasteiger partial charge in [0.2, 0.25) is 0 Å². The number of benzene rings is 1. The highest BCUT2D eigenvalue weighted by atomic mass is 32.2. The van der Waals surface area contributed by atoms with Crippen molar-refractivity contribution in [3.63, 3.8) is 0 Å². The van der Waals surface area contributed by atoms with E-state index in [9.17, 15) is 8.42 Å². The number of hydrogen-bond donors (Lipinski definition) is 1. The predicted octanol–water partition coefficient (Wildman–Crippen LogP) is 1.92. The maximum Gasteiger partial charge on any atom is 0.155 e. The van der Waals surface area contributed by atoms with Crippen LogP contribution in [0, 0.1) is 0 Å². The Labute approximate surface area is 115 Å². The van der Waals surface area contributed by atoms with Crippen molar-refractivity contribution in [2.24, 2.45) is 0 Å². The van der Waals surface area contributed by atoms with Gasteiger partial charge in [-0.1, -0.05) is 18.6 Å². The van der Waals surface area contributed by atoms with E-state index in [1.165, 1.54) is 0 Å². The fourth-order valence-corrected chi connectivity index (χ4v) is 4.88. The second kappa shape index (κ2) is 5.92. The van der Waals surface area contributed by atoms with E-state index in [1.807, 2.05) is 31.3 Å². The predicted molar refractivity (Wildman–Crippen MR) is 76.2 cm³/mol. The summed E-state index contributed by atoms with van der Waals surface area (Å²) in [4.78, 5) is 0. The van der Waals surface area contributed by atoms with E-state index in [2.05, 4.69) is 5.32 Å². The van der Waals surface area contributed by atoms with Crippen LogP contribution in [0.3, 0.4) is 0 Å². The lowest BCUT2D eigenvalue weighted by Gasteiger charge is -2.30. The van der Waals surface area contributed by atoms with Gasteiger partial charge in [-0.15, -0.1) is 0 Å². The largest absolute Gasteiger partial charge is 0.497 e. The minimum absolute atomic E-state index is 0.142. The Bertz CT molecular complexity index is 510. The molecule has 2 rings (SSSR count). The first-order chi connectivity index (χ1) is 9.08. The summed E-state index contributed by atoms with van der Waals surface area (Å²) in [6.45, 7) is 0. The monoisotopic (exact) mass is 283 g/mol. The van der Waals surface area contributed by atoms with Crippen molar-refractivity contribution in [1.29, 1.82) is 0 Å². The van der Waals surface area contributed by atoms with Gasteiger partial charge in [0.05, 0.1) is 18.1 Å². The average molecular weight is 283 g/mol. The summed E-state index contributed by atoms with van der Waals surface area (Å²) in [6.07, 6.45) is 2.51. The van der Waals surface area contributed by atoms with Gasteiger partial charge in [-0.2, -0.15) is 0 Å². The minimum atomic E-state index is -2.99. The Morgan fingerprint density at radius 1 is 1.26 bits per heavy atom. The molecule has 0 spiro atoms. The minimum Gasteiger partial charge on any atom is -0.497 e. The third-order valence-corrected chi connectivity index (χ3v) is 6.07. The molecular weight excluding hydrogens is 262 g/mol. The highest BCUT2D eigenvalue weighted by Gasteiger charge is 2.35. The number of nitrogens with one attached hydrogen (secondary N) is 1. The molecule has 0 aliphatic carbocycles. The van der Waals surface area contributed by atoms with E-state index in [4.69, 9.17) is 4.74 Å². The van der Waals surface area contributed by atoms with E-state index in [1.54, 1.807) is 7.11 Å². The van der Waals surface area contributed by atoms with Crippen LogP contribution in [0.1, 0.15) is 30.9 Å². The standard InChI is InChI=1S/C14H21NO3S/c1-15-14(11-6-8-12(18-2)9-7-11)13-5-3-4-10-19(13,16)17/h6-9,13-15H,3-5,10H2,1-2H3. The normalized spacial score (nSPS) is 23.8. The average Bonchev–Trinajstić information content (AvgIpc) is 2.42. The topological polar surface area (TPSA) is 55.4 Å². The van der Waals surface area contributed by atoms with E-state index in [0.29, 0.717) is 5.75 Å². The summed E-state index contributed by atoms with van der Waals surface area (Å²) in [6, 6.07) is 7.47. The summed E-state index contributed by atoms with van der Waals surface area (Å²) in [5, 5.41) is 2.84. The summed E-state index contributed by atoms with van der Waals surface area (Å²) in [7, 11) is 0.447. The van der Waals surface area contributed by atoms with Crippen LogP contribution in [-0.2, 0) is 9.84 Å². The molecule has 0 bridgehead atoms. The molecular formula is C14H21NO3S. The number of methoxy groups -OCH3 is 1. The molecule has 2 atom stereocenters. The molecule has 1 aliphatic heterocycles. The molecule has 0 aromatic heterocycles. The molecule has 1 aliphatic rings. The summed E-state index contributed by atoms with van der Waals surface area (Å²) < 4.78 is 29.6. The van der Waals surface area contributed by atoms with Gasteiger partial charge in [0.25, 0.3) is 0 Å². The first-order valence-corrected chi connectivity index (χ1v) is 8.33. The van der Waals surface area contributed by atoms with Crippen LogP contribution in [0.15, 0.2) is 24.3 Å². The SMILES string of the molecule is CNC(c1ccc(OC)cc1)C1CCCCS1(=O)=O. The van der Waals surface area contributed by atoms with Crippen molar-refractivity contribution in [3.05, 3.63) is 29.8 Å². The van der Waals surface area contributed by atoms with Gasteiger partial charge in [0.1, 0.15) is 5.75 Å². The van der Waals surface area contributed by atoms with E-state index < -0.39 is 9.84 Å². The van der Waals surface area contributed by atoms with E-state index in [-0.39, 0.29) is 11.3 Å². The highest BCUT2D eigenvalue weighted by Crippen LogP contribution is 2.31. The third kappa shape index (κ3) is 3.09. The Morgan fingerprint density at radius 3 is 2.47 bits per heavy atom. The number of hydrogen-bond acceptors (Lipinski definition) is 4. The van der Waals surface area contributed by atoms with Crippen molar-refractivity contribution in [2.45, 2.75) is 30.6 Å². The zero-order chi connectivity index (χ0) is 13.9. The van der Waals surface area contributed by atoms with Crippen molar-refractivity contribution in [2.75, 3.05) is 19.9 Å². The van der Waals surface area contributed by atoms with Gasteiger partial charge >= 0.3 is 0 Å². The molecule has 0 saturated carbocycles. The number of sulfone groups is 1. The van der Waals surface area contributed by atoms with Gasteiger partial charge in [-0.25, -0.2) is 8.42 Å². The molecule has 5 heteroatoms. The summed E-state index contributed by atoms with van der Waals surface area (Å²) >= 11 is 0. The van der Waals surface area contributed by atoms with Gasteiger partial charge in [0.15, 0.2) is 9.84 Å². The van der Waals surface area contributed by atoms with Crippen LogP contribution in [0.4, 0.5) is 0 Å². The van der Waals surface area contributed by atoms with E-state index >= 15 is 0 Å². The Morgan fingerprint density at radius 2 is 1.95 bits per heavy atom. The van der Waals surface area contributed by atoms with Crippen LogP contribution in [0.2, 0.25) is 0 Å². The lowest BCUT2D eigenvalue weighted by atomic mass is 9.99. The molecule has 1 N–H and O–H groups in total. The third-order valence-electron chi connectivity index (χ3n) is 3.79. The molecule has 0 amide bonds. The zero-order valence-corrected chi connectivity index (χ0v) is 12.2. The fraction of sp³-hybridized carbons (Fsp3) is 0.571. The Hall–Kier alpha value is -1.07. The smallest absolute Gasteiger partial charge is 0.155 e. The molecule has 2 unspecified atom stereocenters. The maximum atomic E-state index is 12.2. The molecule has 0 radical (unpaired) electrons. The zero-order valence-electron chi connectivity index (χ0n) is 11.4. The van der Waals surface area contributed by atoms with Crippen LogP contribution in [0.25, 0.3) is 0 Å². The molecule has 4 nitrogen and oxygen atoms in total. The van der Waals surface area contributed by atoms with Gasteiger partial charge < -0.3 is 10.1 Å². The molecule has 1 saturated heterocycles. The van der Waals surface area contributed by atoms with E-state index in [0.717, 1.165) is 30.6 Å². The van der Waals surface area contributed by atoms with Crippen molar-refractivity contribution in [3.8, 4) is 5.75 Å². The van der Waals surface area contributed by atoms with Crippen molar-refractivity contribution >= 4 is 9.84 Å². The second-order valence-corrected chi connectivity index (χ2v) is 7.28. The van der Waals surface area contributed by atoms with Crippen LogP contribution >= 0.6 is 0 Å². The first-order valence-electron chi connectivity index (χ1n) is 6.61. The highest BCUT2D eigenvalue weighted by molar-refractivity contribution is 7.92. The quantitative estimate of drug-likeness (QED) is 0.917. The lowest BCUT2D eigenvalue weighted by Crippen LogP contribution is -2.39. The molecule has 1 heterocycles. The second-order valence-electron chi connectivity index (χ2n) is 4.94. The molecule has 1 fully saturated rings.